The number of aromatic nitrogens is 2. The molecule has 0 amide bonds. The number of carbonyl (C=O) groups is 1. The molecule has 0 saturated carbocycles. The number of anilines is 1. The summed E-state index contributed by atoms with van der Waals surface area (Å²) in [6.07, 6.45) is 1.64. The van der Waals surface area contributed by atoms with Gasteiger partial charge in [0.15, 0.2) is 0 Å². The summed E-state index contributed by atoms with van der Waals surface area (Å²) in [7, 11) is 0. The SMILES string of the molecule is CC(C)n1ncc(Br)c1C(=O)c1cccc(N)c1. The molecular weight excluding hydrogens is 294 g/mol. The first-order valence-electron chi connectivity index (χ1n) is 5.64. The van der Waals surface area contributed by atoms with Gasteiger partial charge in [-0.2, -0.15) is 5.10 Å². The summed E-state index contributed by atoms with van der Waals surface area (Å²) >= 11 is 3.37. The lowest BCUT2D eigenvalue weighted by atomic mass is 10.1. The molecule has 5 heteroatoms. The second kappa shape index (κ2) is 4.94. The van der Waals surface area contributed by atoms with Crippen molar-refractivity contribution in [2.24, 2.45) is 0 Å². The lowest BCUT2D eigenvalue weighted by Crippen LogP contribution is -2.14. The predicted octanol–water partition coefficient (Wildman–Crippen LogP) is 3.04. The van der Waals surface area contributed by atoms with Crippen LogP contribution in [0.15, 0.2) is 34.9 Å². The quantitative estimate of drug-likeness (QED) is 0.700. The van der Waals surface area contributed by atoms with Crippen molar-refractivity contribution in [2.75, 3.05) is 5.73 Å². The zero-order valence-electron chi connectivity index (χ0n) is 10.2. The molecule has 0 unspecified atom stereocenters. The monoisotopic (exact) mass is 307 g/mol. The van der Waals surface area contributed by atoms with E-state index in [2.05, 4.69) is 21.0 Å². The Morgan fingerprint density at radius 1 is 1.44 bits per heavy atom. The van der Waals surface area contributed by atoms with Gasteiger partial charge in [-0.25, -0.2) is 0 Å². The molecule has 0 aliphatic carbocycles. The molecule has 0 spiro atoms. The smallest absolute Gasteiger partial charge is 0.212 e. The van der Waals surface area contributed by atoms with Gasteiger partial charge in [-0.15, -0.1) is 0 Å². The van der Waals surface area contributed by atoms with Crippen LogP contribution in [0, 0.1) is 0 Å². The molecule has 2 aromatic rings. The third kappa shape index (κ3) is 2.31. The number of nitrogens with zero attached hydrogens (tertiary/aromatic N) is 2. The van der Waals surface area contributed by atoms with Crippen LogP contribution in [0.1, 0.15) is 35.9 Å². The first kappa shape index (κ1) is 12.8. The van der Waals surface area contributed by atoms with Gasteiger partial charge < -0.3 is 5.73 Å². The van der Waals surface area contributed by atoms with Crippen LogP contribution in [0.3, 0.4) is 0 Å². The molecule has 18 heavy (non-hydrogen) atoms. The van der Waals surface area contributed by atoms with Crippen LogP contribution in [-0.4, -0.2) is 15.6 Å². The molecule has 1 heterocycles. The van der Waals surface area contributed by atoms with Gasteiger partial charge >= 0.3 is 0 Å². The highest BCUT2D eigenvalue weighted by atomic mass is 79.9. The summed E-state index contributed by atoms with van der Waals surface area (Å²) in [6, 6.07) is 7.07. The van der Waals surface area contributed by atoms with E-state index in [-0.39, 0.29) is 11.8 Å². The summed E-state index contributed by atoms with van der Waals surface area (Å²) in [6.45, 7) is 3.96. The Morgan fingerprint density at radius 2 is 2.17 bits per heavy atom. The predicted molar refractivity (Wildman–Crippen MR) is 74.6 cm³/mol. The zero-order chi connectivity index (χ0) is 13.3. The highest BCUT2D eigenvalue weighted by Crippen LogP contribution is 2.23. The van der Waals surface area contributed by atoms with E-state index in [0.717, 1.165) is 0 Å². The van der Waals surface area contributed by atoms with Gasteiger partial charge in [0.05, 0.1) is 10.7 Å². The first-order valence-corrected chi connectivity index (χ1v) is 6.43. The molecule has 1 aromatic carbocycles. The Balaban J connectivity index is 2.49. The number of ketones is 1. The van der Waals surface area contributed by atoms with Crippen LogP contribution in [0.25, 0.3) is 0 Å². The summed E-state index contributed by atoms with van der Waals surface area (Å²) < 4.78 is 2.40. The van der Waals surface area contributed by atoms with Crippen molar-refractivity contribution >= 4 is 27.4 Å². The second-order valence-corrected chi connectivity index (χ2v) is 5.19. The van der Waals surface area contributed by atoms with E-state index in [4.69, 9.17) is 5.73 Å². The fourth-order valence-corrected chi connectivity index (χ4v) is 2.22. The molecule has 4 nitrogen and oxygen atoms in total. The van der Waals surface area contributed by atoms with Gasteiger partial charge in [0, 0.05) is 17.3 Å². The van der Waals surface area contributed by atoms with E-state index in [9.17, 15) is 4.79 Å². The lowest BCUT2D eigenvalue weighted by molar-refractivity contribution is 0.102. The minimum Gasteiger partial charge on any atom is -0.399 e. The number of nitrogens with two attached hydrogens (primary N) is 1. The minimum absolute atomic E-state index is 0.0830. The van der Waals surface area contributed by atoms with E-state index < -0.39 is 0 Å². The van der Waals surface area contributed by atoms with Crippen molar-refractivity contribution in [1.29, 1.82) is 0 Å². The summed E-state index contributed by atoms with van der Waals surface area (Å²) in [5, 5.41) is 4.20. The van der Waals surface area contributed by atoms with Crippen molar-refractivity contribution < 1.29 is 4.79 Å². The summed E-state index contributed by atoms with van der Waals surface area (Å²) in [4.78, 5) is 12.5. The maximum atomic E-state index is 12.5. The molecule has 2 N–H and O–H groups in total. The molecule has 94 valence electrons. The molecule has 1 aromatic heterocycles. The number of hydrogen-bond acceptors (Lipinski definition) is 3. The van der Waals surface area contributed by atoms with Gasteiger partial charge in [-0.3, -0.25) is 9.48 Å². The van der Waals surface area contributed by atoms with Crippen LogP contribution < -0.4 is 5.73 Å². The Bertz CT molecular complexity index is 590. The lowest BCUT2D eigenvalue weighted by Gasteiger charge is -2.10. The van der Waals surface area contributed by atoms with Crippen molar-refractivity contribution in [1.82, 2.24) is 9.78 Å². The van der Waals surface area contributed by atoms with Gasteiger partial charge in [0.25, 0.3) is 0 Å². The highest BCUT2D eigenvalue weighted by Gasteiger charge is 2.20. The third-order valence-electron chi connectivity index (χ3n) is 2.60. The molecule has 2 rings (SSSR count). The van der Waals surface area contributed by atoms with Crippen molar-refractivity contribution in [3.8, 4) is 0 Å². The topological polar surface area (TPSA) is 60.9 Å². The van der Waals surface area contributed by atoms with Gasteiger partial charge in [-0.05, 0) is 41.9 Å². The zero-order valence-corrected chi connectivity index (χ0v) is 11.8. The Kier molecular flexibility index (Phi) is 3.52. The molecule has 0 atom stereocenters. The number of hydrogen-bond donors (Lipinski definition) is 1. The molecule has 0 radical (unpaired) electrons. The van der Waals surface area contributed by atoms with Gasteiger partial charge in [0.2, 0.25) is 5.78 Å². The van der Waals surface area contributed by atoms with Crippen molar-refractivity contribution in [3.63, 3.8) is 0 Å². The van der Waals surface area contributed by atoms with E-state index in [0.29, 0.717) is 21.4 Å². The minimum atomic E-state index is -0.0830. The highest BCUT2D eigenvalue weighted by molar-refractivity contribution is 9.10. The molecule has 0 aliphatic heterocycles. The Labute approximate surface area is 114 Å². The normalized spacial score (nSPS) is 10.9. The number of carbonyl (C=O) groups excluding carboxylic acids is 1. The number of benzene rings is 1. The average Bonchev–Trinajstić information content (AvgIpc) is 2.70. The van der Waals surface area contributed by atoms with E-state index in [1.165, 1.54) is 0 Å². The molecule has 0 aliphatic rings. The van der Waals surface area contributed by atoms with Gasteiger partial charge in [-0.1, -0.05) is 12.1 Å². The van der Waals surface area contributed by atoms with E-state index in [1.54, 1.807) is 35.1 Å². The van der Waals surface area contributed by atoms with E-state index in [1.807, 2.05) is 13.8 Å². The standard InChI is InChI=1S/C13H14BrN3O/c1-8(2)17-12(11(14)7-16-17)13(18)9-4-3-5-10(15)6-9/h3-8H,15H2,1-2H3. The largest absolute Gasteiger partial charge is 0.399 e. The van der Waals surface area contributed by atoms with Crippen LogP contribution in [0.2, 0.25) is 0 Å². The van der Waals surface area contributed by atoms with E-state index >= 15 is 0 Å². The van der Waals surface area contributed by atoms with Gasteiger partial charge in [0.1, 0.15) is 5.69 Å². The Morgan fingerprint density at radius 3 is 2.78 bits per heavy atom. The van der Waals surface area contributed by atoms with Crippen LogP contribution in [0.5, 0.6) is 0 Å². The Hall–Kier alpha value is -1.62. The van der Waals surface area contributed by atoms with Crippen LogP contribution >= 0.6 is 15.9 Å². The molecular formula is C13H14BrN3O. The fraction of sp³-hybridized carbons (Fsp3) is 0.231. The molecule has 0 fully saturated rings. The maximum absolute atomic E-state index is 12.5. The summed E-state index contributed by atoms with van der Waals surface area (Å²) in [5.41, 5.74) is 7.39. The summed E-state index contributed by atoms with van der Waals surface area (Å²) in [5.74, 6) is -0.0830. The number of nitrogen functional groups attached to an aromatic ring is 1. The maximum Gasteiger partial charge on any atom is 0.212 e. The number of halogens is 1. The third-order valence-corrected chi connectivity index (χ3v) is 3.18. The average molecular weight is 308 g/mol. The van der Waals surface area contributed by atoms with Crippen molar-refractivity contribution in [2.45, 2.75) is 19.9 Å². The second-order valence-electron chi connectivity index (χ2n) is 4.33. The fourth-order valence-electron chi connectivity index (χ4n) is 1.76. The van der Waals surface area contributed by atoms with Crippen molar-refractivity contribution in [3.05, 3.63) is 46.2 Å². The molecule has 0 bridgehead atoms. The molecule has 0 saturated heterocycles. The van der Waals surface area contributed by atoms with Crippen LogP contribution in [0.4, 0.5) is 5.69 Å². The first-order chi connectivity index (χ1) is 8.50. The number of rotatable bonds is 3. The van der Waals surface area contributed by atoms with Crippen LogP contribution in [-0.2, 0) is 0 Å².